The highest BCUT2D eigenvalue weighted by Gasteiger charge is 2.31. The first kappa shape index (κ1) is 39.3. The fourth-order valence-corrected chi connectivity index (χ4v) is 4.00. The molecular weight excluding hydrogens is 605 g/mol. The Bertz CT molecular complexity index is 1160. The number of nitrogens with zero attached hydrogens (tertiary/aromatic N) is 1. The van der Waals surface area contributed by atoms with Gasteiger partial charge in [-0.15, -0.1) is 0 Å². The van der Waals surface area contributed by atoms with Crippen molar-refractivity contribution < 1.29 is 64.8 Å². The number of hydrogen-bond acceptors (Lipinski definition) is 14. The molecule has 252 valence electrons. The maximum atomic E-state index is 13.0. The van der Waals surface area contributed by atoms with Crippen molar-refractivity contribution in [2.75, 3.05) is 26.7 Å². The average molecular weight is 645 g/mol. The summed E-state index contributed by atoms with van der Waals surface area (Å²) in [6, 6.07) is 0.333. The average Bonchev–Trinajstić information content (AvgIpc) is 3.01. The Morgan fingerprint density at radius 1 is 0.933 bits per heavy atom. The first-order valence-electron chi connectivity index (χ1n) is 13.9. The van der Waals surface area contributed by atoms with Crippen molar-refractivity contribution in [2.45, 2.75) is 68.6 Å². The van der Waals surface area contributed by atoms with Crippen LogP contribution in [0, 0.1) is 10.1 Å². The van der Waals surface area contributed by atoms with Crippen molar-refractivity contribution in [3.63, 3.8) is 0 Å². The molecule has 0 aliphatic heterocycles. The Labute approximate surface area is 257 Å². The Morgan fingerprint density at radius 2 is 1.58 bits per heavy atom. The summed E-state index contributed by atoms with van der Waals surface area (Å²) in [6.07, 6.45) is -7.04. The smallest absolute Gasteiger partial charge is 0.480 e. The molecule has 1 aromatic rings. The van der Waals surface area contributed by atoms with E-state index in [2.05, 4.69) is 21.3 Å². The lowest BCUT2D eigenvalue weighted by atomic mass is 9.79. The topological polar surface area (TPSA) is 321 Å². The monoisotopic (exact) mass is 645 g/mol. The first-order chi connectivity index (χ1) is 21.1. The highest BCUT2D eigenvalue weighted by molar-refractivity contribution is 6.58. The number of aliphatic hydroxyl groups is 5. The SMILES string of the molecule is CN[C@@H](CCCCNC(=O)CC[C@H](NC(=O)c1cc(B(O)O)cc([N+](=O)[O-])c1)C(=O)NC[C@@H](O)[C@H](O)[C@@H](O)[C@@H](O)CO)C(=O)O. The van der Waals surface area contributed by atoms with Gasteiger partial charge in [0.1, 0.15) is 30.4 Å². The number of nitro benzene ring substituents is 1. The largest absolute Gasteiger partial charge is 0.488 e. The lowest BCUT2D eigenvalue weighted by Crippen LogP contribution is -2.53. The third kappa shape index (κ3) is 13.4. The van der Waals surface area contributed by atoms with Crippen LogP contribution in [0.25, 0.3) is 0 Å². The van der Waals surface area contributed by atoms with Gasteiger partial charge in [-0.2, -0.15) is 0 Å². The minimum absolute atomic E-state index is 0.185. The van der Waals surface area contributed by atoms with Crippen molar-refractivity contribution in [1.29, 1.82) is 0 Å². The number of carbonyl (C=O) groups excluding carboxylic acids is 3. The minimum Gasteiger partial charge on any atom is -0.480 e. The van der Waals surface area contributed by atoms with Crippen LogP contribution in [0.5, 0.6) is 0 Å². The van der Waals surface area contributed by atoms with Crippen LogP contribution < -0.4 is 26.7 Å². The summed E-state index contributed by atoms with van der Waals surface area (Å²) in [5.74, 6) is -3.61. The predicted molar refractivity (Wildman–Crippen MR) is 155 cm³/mol. The van der Waals surface area contributed by atoms with Gasteiger partial charge < -0.3 is 62.0 Å². The number of nitrogens with one attached hydrogen (secondary N) is 4. The zero-order valence-electron chi connectivity index (χ0n) is 24.4. The second-order valence-corrected chi connectivity index (χ2v) is 10.1. The van der Waals surface area contributed by atoms with Crippen molar-refractivity contribution in [1.82, 2.24) is 21.3 Å². The zero-order chi connectivity index (χ0) is 34.3. The number of unbranched alkanes of at least 4 members (excludes halogenated alkanes) is 1. The van der Waals surface area contributed by atoms with Crippen LogP contribution in [0.3, 0.4) is 0 Å². The van der Waals surface area contributed by atoms with Gasteiger partial charge in [0.15, 0.2) is 0 Å². The lowest BCUT2D eigenvalue weighted by Gasteiger charge is -2.26. The van der Waals surface area contributed by atoms with Crippen LogP contribution in [0.1, 0.15) is 42.5 Å². The number of aliphatic carboxylic acids is 1. The van der Waals surface area contributed by atoms with Crippen molar-refractivity contribution in [2.24, 2.45) is 0 Å². The van der Waals surface area contributed by atoms with E-state index in [0.29, 0.717) is 19.3 Å². The number of carboxylic acids is 1. The number of nitro groups is 1. The molecule has 0 unspecified atom stereocenters. The lowest BCUT2D eigenvalue weighted by molar-refractivity contribution is -0.384. The van der Waals surface area contributed by atoms with Gasteiger partial charge in [0, 0.05) is 37.2 Å². The molecule has 3 amide bonds. The molecule has 0 radical (unpaired) electrons. The van der Waals surface area contributed by atoms with E-state index in [9.17, 15) is 59.8 Å². The highest BCUT2D eigenvalue weighted by Crippen LogP contribution is 2.13. The number of amides is 3. The van der Waals surface area contributed by atoms with Crippen LogP contribution in [-0.4, -0.2) is 140 Å². The molecule has 12 N–H and O–H groups in total. The number of likely N-dealkylation sites (N-methyl/N-ethyl adjacent to an activating group) is 1. The second-order valence-electron chi connectivity index (χ2n) is 10.1. The van der Waals surface area contributed by atoms with Crippen molar-refractivity contribution >= 4 is 42.0 Å². The molecule has 0 fully saturated rings. The van der Waals surface area contributed by atoms with Gasteiger partial charge in [0.25, 0.3) is 11.6 Å². The molecule has 6 atom stereocenters. The number of hydrogen-bond donors (Lipinski definition) is 12. The molecule has 20 heteroatoms. The van der Waals surface area contributed by atoms with Crippen LogP contribution in [0.4, 0.5) is 5.69 Å². The maximum absolute atomic E-state index is 13.0. The normalized spacial score (nSPS) is 15.1. The fraction of sp³-hybridized carbons (Fsp3) is 0.600. The predicted octanol–water partition coefficient (Wildman–Crippen LogP) is -5.34. The van der Waals surface area contributed by atoms with Crippen LogP contribution in [0.2, 0.25) is 0 Å². The number of carbonyl (C=O) groups is 4. The summed E-state index contributed by atoms with van der Waals surface area (Å²) in [7, 11) is -0.659. The molecule has 0 saturated carbocycles. The summed E-state index contributed by atoms with van der Waals surface area (Å²) in [5.41, 5.74) is -1.47. The summed E-state index contributed by atoms with van der Waals surface area (Å²) in [5, 5.41) is 97.1. The Balaban J connectivity index is 2.97. The third-order valence-electron chi connectivity index (χ3n) is 6.69. The molecule has 0 bridgehead atoms. The third-order valence-corrected chi connectivity index (χ3v) is 6.69. The number of aliphatic hydroxyl groups excluding tert-OH is 5. The van der Waals surface area contributed by atoms with Gasteiger partial charge in [0.05, 0.1) is 17.6 Å². The summed E-state index contributed by atoms with van der Waals surface area (Å²) < 4.78 is 0. The molecule has 45 heavy (non-hydrogen) atoms. The van der Waals surface area contributed by atoms with Gasteiger partial charge >= 0.3 is 13.1 Å². The van der Waals surface area contributed by atoms with Crippen LogP contribution in [0.15, 0.2) is 18.2 Å². The van der Waals surface area contributed by atoms with E-state index in [1.165, 1.54) is 7.05 Å². The summed E-state index contributed by atoms with van der Waals surface area (Å²) in [6.45, 7) is -1.46. The molecule has 0 aliphatic carbocycles. The Hall–Kier alpha value is -3.76. The highest BCUT2D eigenvalue weighted by atomic mass is 16.6. The second kappa shape index (κ2) is 19.6. The van der Waals surface area contributed by atoms with Gasteiger partial charge in [-0.25, -0.2) is 0 Å². The van der Waals surface area contributed by atoms with E-state index in [0.717, 1.165) is 18.2 Å². The molecule has 0 spiro atoms. The minimum atomic E-state index is -2.17. The van der Waals surface area contributed by atoms with Gasteiger partial charge in [0.2, 0.25) is 11.8 Å². The number of benzene rings is 1. The van der Waals surface area contributed by atoms with Gasteiger partial charge in [-0.3, -0.25) is 29.3 Å². The maximum Gasteiger partial charge on any atom is 0.488 e. The summed E-state index contributed by atoms with van der Waals surface area (Å²) >= 11 is 0. The molecule has 1 rings (SSSR count). The van der Waals surface area contributed by atoms with Crippen molar-refractivity contribution in [3.05, 3.63) is 33.9 Å². The summed E-state index contributed by atoms with van der Waals surface area (Å²) in [4.78, 5) is 59.8. The van der Waals surface area contributed by atoms with Gasteiger partial charge in [-0.05, 0) is 44.3 Å². The van der Waals surface area contributed by atoms with Gasteiger partial charge in [-0.1, -0.05) is 0 Å². The van der Waals surface area contributed by atoms with E-state index >= 15 is 0 Å². The molecular formula is C25H40BN5O14. The molecule has 0 saturated heterocycles. The molecule has 0 aliphatic rings. The van der Waals surface area contributed by atoms with E-state index < -0.39 is 96.6 Å². The Morgan fingerprint density at radius 3 is 2.13 bits per heavy atom. The fourth-order valence-electron chi connectivity index (χ4n) is 4.00. The standard InChI is InChI=1S/C25H40BN5O14/c1-27-17(25(40)41)4-2-3-7-28-20(35)6-5-16(24(39)29-11-18(33)21(36)22(37)19(34)12-32)30-23(38)13-8-14(26(42)43)10-15(9-13)31(44)45/h8-10,16-19,21-22,27,32-34,36-37,42-43H,2-7,11-12H2,1H3,(H,28,35)(H,29,39)(H,30,38)(H,40,41)/t16-,17-,18+,19-,21-,22-/m0/s1. The van der Waals surface area contributed by atoms with Crippen LogP contribution >= 0.6 is 0 Å². The van der Waals surface area contributed by atoms with E-state index in [-0.39, 0.29) is 24.8 Å². The number of carboxylic acid groups (broad SMARTS) is 1. The van der Waals surface area contributed by atoms with E-state index in [1.807, 2.05) is 0 Å². The Kier molecular flexibility index (Phi) is 17.1. The molecule has 0 heterocycles. The quantitative estimate of drug-likeness (QED) is 0.0257. The molecule has 1 aromatic carbocycles. The number of non-ortho nitro benzene ring substituents is 1. The zero-order valence-corrected chi connectivity index (χ0v) is 24.4. The first-order valence-corrected chi connectivity index (χ1v) is 13.9. The molecule has 0 aromatic heterocycles. The number of rotatable bonds is 21. The van der Waals surface area contributed by atoms with E-state index in [1.54, 1.807) is 0 Å². The van der Waals surface area contributed by atoms with Crippen molar-refractivity contribution in [3.8, 4) is 0 Å². The molecule has 19 nitrogen and oxygen atoms in total. The van der Waals surface area contributed by atoms with E-state index in [4.69, 9.17) is 10.2 Å². The van der Waals surface area contributed by atoms with Crippen LogP contribution in [-0.2, 0) is 14.4 Å².